The number of carbonyl (C=O) groups is 2. The van der Waals surface area contributed by atoms with E-state index in [2.05, 4.69) is 0 Å². The van der Waals surface area contributed by atoms with Crippen molar-refractivity contribution in [3.05, 3.63) is 99.5 Å². The molecule has 3 aromatic rings. The summed E-state index contributed by atoms with van der Waals surface area (Å²) in [4.78, 5) is 25.9. The van der Waals surface area contributed by atoms with Gasteiger partial charge >= 0.3 is 5.97 Å². The highest BCUT2D eigenvalue weighted by Gasteiger charge is 2.38. The van der Waals surface area contributed by atoms with Crippen molar-refractivity contribution in [1.29, 1.82) is 0 Å². The number of nitrogens with zero attached hydrogens (tertiary/aromatic N) is 1. The zero-order chi connectivity index (χ0) is 26.5. The van der Waals surface area contributed by atoms with Crippen LogP contribution in [0.15, 0.2) is 71.6 Å². The van der Waals surface area contributed by atoms with Gasteiger partial charge in [0.1, 0.15) is 35.1 Å². The minimum atomic E-state index is -1.12. The number of thiocarbonyl (C=S) groups is 1. The van der Waals surface area contributed by atoms with Gasteiger partial charge in [-0.15, -0.1) is 0 Å². The van der Waals surface area contributed by atoms with Gasteiger partial charge in [-0.1, -0.05) is 83.6 Å². The van der Waals surface area contributed by atoms with Gasteiger partial charge in [0.25, 0.3) is 5.91 Å². The molecule has 1 N–H and O–H groups in total. The van der Waals surface area contributed by atoms with Gasteiger partial charge in [0.15, 0.2) is 0 Å². The molecule has 1 atom stereocenters. The number of rotatable bonds is 9. The van der Waals surface area contributed by atoms with Gasteiger partial charge in [-0.05, 0) is 50.1 Å². The topological polar surface area (TPSA) is 76.1 Å². The summed E-state index contributed by atoms with van der Waals surface area (Å²) < 4.78 is 12.4. The van der Waals surface area contributed by atoms with Crippen LogP contribution in [-0.4, -0.2) is 32.2 Å². The molecular formula is C29H27NO5S2. The molecule has 6 nitrogen and oxygen atoms in total. The fraction of sp³-hybridized carbons (Fsp3) is 0.207. The number of thioether (sulfide) groups is 1. The van der Waals surface area contributed by atoms with Gasteiger partial charge in [-0.2, -0.15) is 0 Å². The van der Waals surface area contributed by atoms with Crippen LogP contribution in [0.1, 0.15) is 34.7 Å². The lowest BCUT2D eigenvalue weighted by Crippen LogP contribution is -2.41. The molecule has 0 bridgehead atoms. The fourth-order valence-electron chi connectivity index (χ4n) is 3.61. The summed E-state index contributed by atoms with van der Waals surface area (Å²) in [6.07, 6.45) is 1.68. The molecule has 1 aliphatic heterocycles. The minimum Gasteiger partial charge on any atom is -0.489 e. The number of aliphatic carboxylic acids is 1. The number of carboxylic acids is 1. The maximum atomic E-state index is 13.0. The van der Waals surface area contributed by atoms with Gasteiger partial charge < -0.3 is 14.6 Å². The van der Waals surface area contributed by atoms with Crippen molar-refractivity contribution in [2.75, 3.05) is 0 Å². The highest BCUT2D eigenvalue weighted by atomic mass is 32.2. The number of ether oxygens (including phenoxy) is 2. The molecule has 0 spiro atoms. The zero-order valence-corrected chi connectivity index (χ0v) is 22.4. The van der Waals surface area contributed by atoms with Crippen LogP contribution in [0.5, 0.6) is 11.5 Å². The van der Waals surface area contributed by atoms with Crippen LogP contribution in [0.2, 0.25) is 0 Å². The summed E-state index contributed by atoms with van der Waals surface area (Å²) in [6.45, 7) is 6.24. The van der Waals surface area contributed by atoms with Crippen LogP contribution in [-0.2, 0) is 22.8 Å². The van der Waals surface area contributed by atoms with Crippen LogP contribution in [0, 0.1) is 13.8 Å². The Morgan fingerprint density at radius 2 is 1.54 bits per heavy atom. The number of hydrogen-bond donors (Lipinski definition) is 1. The average molecular weight is 534 g/mol. The summed E-state index contributed by atoms with van der Waals surface area (Å²) in [5, 5.41) is 9.35. The smallest absolute Gasteiger partial charge is 0.326 e. The summed E-state index contributed by atoms with van der Waals surface area (Å²) in [7, 11) is 0. The molecule has 0 radical (unpaired) electrons. The average Bonchev–Trinajstić information content (AvgIpc) is 3.16. The van der Waals surface area contributed by atoms with Gasteiger partial charge in [-0.3, -0.25) is 9.69 Å². The second-order valence-corrected chi connectivity index (χ2v) is 10.5. The number of benzene rings is 3. The number of carbonyl (C=O) groups excluding carboxylic acids is 1. The lowest BCUT2D eigenvalue weighted by Gasteiger charge is -2.18. The van der Waals surface area contributed by atoms with Crippen LogP contribution in [0.25, 0.3) is 6.08 Å². The molecular weight excluding hydrogens is 506 g/mol. The number of amides is 1. The van der Waals surface area contributed by atoms with Crippen molar-refractivity contribution >= 4 is 46.3 Å². The fourth-order valence-corrected chi connectivity index (χ4v) is 5.02. The van der Waals surface area contributed by atoms with Crippen LogP contribution < -0.4 is 9.47 Å². The highest BCUT2D eigenvalue weighted by Crippen LogP contribution is 2.36. The van der Waals surface area contributed by atoms with Crippen molar-refractivity contribution in [2.24, 2.45) is 0 Å². The quantitative estimate of drug-likeness (QED) is 0.262. The van der Waals surface area contributed by atoms with Gasteiger partial charge in [0, 0.05) is 11.6 Å². The Labute approximate surface area is 225 Å². The number of hydrogen-bond acceptors (Lipinski definition) is 6. The standard InChI is InChI=1S/C29H27NO5S2/c1-18-4-8-21(9-5-18)16-34-24-13-12-23(25(15-24)35-17-22-10-6-19(2)7-11-22)14-26-27(31)30(29(36)37-26)20(3)28(32)33/h4-15,20H,16-17H2,1-3H3,(H,32,33). The summed E-state index contributed by atoms with van der Waals surface area (Å²) in [5.41, 5.74) is 5.06. The largest absolute Gasteiger partial charge is 0.489 e. The van der Waals surface area contributed by atoms with Crippen LogP contribution in [0.4, 0.5) is 0 Å². The monoisotopic (exact) mass is 533 g/mol. The van der Waals surface area contributed by atoms with Crippen molar-refractivity contribution in [3.8, 4) is 11.5 Å². The van der Waals surface area contributed by atoms with Crippen LogP contribution in [0.3, 0.4) is 0 Å². The normalized spacial score (nSPS) is 15.2. The third-order valence-corrected chi connectivity index (χ3v) is 7.21. The first kappa shape index (κ1) is 26.4. The molecule has 1 saturated heterocycles. The van der Waals surface area contributed by atoms with Crippen molar-refractivity contribution < 1.29 is 24.2 Å². The van der Waals surface area contributed by atoms with Gasteiger partial charge in [0.05, 0.1) is 4.91 Å². The van der Waals surface area contributed by atoms with Crippen molar-refractivity contribution in [3.63, 3.8) is 0 Å². The van der Waals surface area contributed by atoms with Crippen LogP contribution >= 0.6 is 24.0 Å². The Balaban J connectivity index is 1.59. The van der Waals surface area contributed by atoms with Crippen molar-refractivity contribution in [1.82, 2.24) is 4.90 Å². The molecule has 0 aliphatic carbocycles. The SMILES string of the molecule is Cc1ccc(COc2ccc(C=C3SC(=S)N(C(C)C(=O)O)C3=O)c(OCc3ccc(C)cc3)c2)cc1. The van der Waals surface area contributed by atoms with Gasteiger partial charge in [0.2, 0.25) is 0 Å². The molecule has 1 heterocycles. The van der Waals surface area contributed by atoms with E-state index in [1.165, 1.54) is 12.5 Å². The predicted octanol–water partition coefficient (Wildman–Crippen LogP) is 6.14. The summed E-state index contributed by atoms with van der Waals surface area (Å²) in [6, 6.07) is 20.6. The van der Waals surface area contributed by atoms with E-state index in [1.54, 1.807) is 12.1 Å². The van der Waals surface area contributed by atoms with E-state index in [-0.39, 0.29) is 4.32 Å². The molecule has 37 heavy (non-hydrogen) atoms. The van der Waals surface area contributed by atoms with E-state index in [1.807, 2.05) is 74.5 Å². The van der Waals surface area contributed by atoms with E-state index >= 15 is 0 Å². The molecule has 0 aromatic heterocycles. The molecule has 190 valence electrons. The van der Waals surface area contributed by atoms with E-state index in [0.29, 0.717) is 35.2 Å². The summed E-state index contributed by atoms with van der Waals surface area (Å²) >= 11 is 6.37. The highest BCUT2D eigenvalue weighted by molar-refractivity contribution is 8.26. The number of carboxylic acid groups (broad SMARTS) is 1. The maximum absolute atomic E-state index is 13.0. The molecule has 1 fully saturated rings. The molecule has 3 aromatic carbocycles. The van der Waals surface area contributed by atoms with Gasteiger partial charge in [-0.25, -0.2) is 4.79 Å². The zero-order valence-electron chi connectivity index (χ0n) is 20.8. The molecule has 1 unspecified atom stereocenters. The minimum absolute atomic E-state index is 0.214. The predicted molar refractivity (Wildman–Crippen MR) is 150 cm³/mol. The Kier molecular flexibility index (Phi) is 8.31. The van der Waals surface area contributed by atoms with E-state index in [0.717, 1.165) is 33.4 Å². The first-order valence-corrected chi connectivity index (χ1v) is 12.9. The second kappa shape index (κ2) is 11.6. The van der Waals surface area contributed by atoms with Crippen molar-refractivity contribution in [2.45, 2.75) is 40.0 Å². The third kappa shape index (κ3) is 6.58. The Morgan fingerprint density at radius 3 is 2.11 bits per heavy atom. The van der Waals surface area contributed by atoms with E-state index in [9.17, 15) is 14.7 Å². The second-order valence-electron chi connectivity index (χ2n) is 8.81. The Hall–Kier alpha value is -3.62. The molecule has 4 rings (SSSR count). The first-order valence-electron chi connectivity index (χ1n) is 11.7. The number of aryl methyl sites for hydroxylation is 2. The van der Waals surface area contributed by atoms with E-state index < -0.39 is 17.9 Å². The van der Waals surface area contributed by atoms with E-state index in [4.69, 9.17) is 21.7 Å². The summed E-state index contributed by atoms with van der Waals surface area (Å²) in [5.74, 6) is -0.383. The Morgan fingerprint density at radius 1 is 0.973 bits per heavy atom. The molecule has 8 heteroatoms. The molecule has 0 saturated carbocycles. The lowest BCUT2D eigenvalue weighted by molar-refractivity contribution is -0.144. The molecule has 1 aliphatic rings. The lowest BCUT2D eigenvalue weighted by atomic mass is 10.1. The Bertz CT molecular complexity index is 1350. The molecule has 1 amide bonds. The maximum Gasteiger partial charge on any atom is 0.326 e. The third-order valence-electron chi connectivity index (χ3n) is 5.88. The first-order chi connectivity index (χ1) is 17.7.